The number of hydrogen-bond donors (Lipinski definition) is 1. The second kappa shape index (κ2) is 8.90. The van der Waals surface area contributed by atoms with Crippen molar-refractivity contribution in [2.24, 2.45) is 11.7 Å². The van der Waals surface area contributed by atoms with Gasteiger partial charge in [0.15, 0.2) is 0 Å². The molecule has 1 atom stereocenters. The molecule has 0 aromatic rings. The summed E-state index contributed by atoms with van der Waals surface area (Å²) in [5, 5.41) is 0. The van der Waals surface area contributed by atoms with Gasteiger partial charge in [0.2, 0.25) is 0 Å². The molecule has 3 nitrogen and oxygen atoms in total. The third-order valence-corrected chi connectivity index (χ3v) is 3.82. The lowest BCUT2D eigenvalue weighted by atomic mass is 9.92. The first-order valence-electron chi connectivity index (χ1n) is 7.23. The minimum atomic E-state index is 0.327. The van der Waals surface area contributed by atoms with Gasteiger partial charge in [0, 0.05) is 26.3 Å². The third-order valence-electron chi connectivity index (χ3n) is 3.82. The third kappa shape index (κ3) is 6.39. The Labute approximate surface area is 107 Å². The van der Waals surface area contributed by atoms with Crippen LogP contribution in [0.3, 0.4) is 0 Å². The van der Waals surface area contributed by atoms with Gasteiger partial charge in [0.05, 0.1) is 0 Å². The first kappa shape index (κ1) is 14.9. The van der Waals surface area contributed by atoms with Crippen molar-refractivity contribution in [2.75, 3.05) is 33.4 Å². The minimum absolute atomic E-state index is 0.327. The van der Waals surface area contributed by atoms with E-state index in [1.54, 1.807) is 7.11 Å². The number of methoxy groups -OCH3 is 1. The van der Waals surface area contributed by atoms with Crippen LogP contribution in [0.25, 0.3) is 0 Å². The Morgan fingerprint density at radius 3 is 2.65 bits per heavy atom. The highest BCUT2D eigenvalue weighted by molar-refractivity contribution is 4.75. The van der Waals surface area contributed by atoms with Crippen molar-refractivity contribution < 1.29 is 4.74 Å². The highest BCUT2D eigenvalue weighted by atomic mass is 16.5. The fourth-order valence-electron chi connectivity index (χ4n) is 2.78. The number of likely N-dealkylation sites (tertiary alicyclic amines) is 1. The zero-order valence-electron chi connectivity index (χ0n) is 11.7. The van der Waals surface area contributed by atoms with Crippen molar-refractivity contribution in [1.82, 2.24) is 4.90 Å². The highest BCUT2D eigenvalue weighted by Gasteiger charge is 2.19. The molecule has 0 radical (unpaired) electrons. The van der Waals surface area contributed by atoms with Crippen molar-refractivity contribution in [2.45, 2.75) is 51.5 Å². The Morgan fingerprint density at radius 1 is 1.35 bits per heavy atom. The number of piperidine rings is 1. The van der Waals surface area contributed by atoms with Gasteiger partial charge in [0.1, 0.15) is 0 Å². The Morgan fingerprint density at radius 2 is 2.06 bits per heavy atom. The maximum Gasteiger partial charge on any atom is 0.0462 e. The number of nitrogens with zero attached hydrogens (tertiary/aromatic N) is 1. The Balaban J connectivity index is 2.08. The standard InChI is InChI=1S/C14H30N2O/c1-3-5-13-7-9-16(10-8-13)12-14(15)6-4-11-17-2/h13-14H,3-12,15H2,1-2H3. The maximum atomic E-state index is 6.14. The summed E-state index contributed by atoms with van der Waals surface area (Å²) in [6, 6.07) is 0.327. The summed E-state index contributed by atoms with van der Waals surface area (Å²) in [6.45, 7) is 6.71. The van der Waals surface area contributed by atoms with Crippen molar-refractivity contribution in [1.29, 1.82) is 0 Å². The van der Waals surface area contributed by atoms with E-state index in [9.17, 15) is 0 Å². The van der Waals surface area contributed by atoms with Crippen molar-refractivity contribution in [3.8, 4) is 0 Å². The number of nitrogens with two attached hydrogens (primary N) is 1. The van der Waals surface area contributed by atoms with Crippen molar-refractivity contribution in [3.63, 3.8) is 0 Å². The first-order valence-corrected chi connectivity index (χ1v) is 7.23. The summed E-state index contributed by atoms with van der Waals surface area (Å²) in [7, 11) is 1.75. The molecule has 2 N–H and O–H groups in total. The molecular weight excluding hydrogens is 212 g/mol. The van der Waals surface area contributed by atoms with Gasteiger partial charge in [-0.2, -0.15) is 0 Å². The molecule has 1 fully saturated rings. The topological polar surface area (TPSA) is 38.5 Å². The SMILES string of the molecule is CCCC1CCN(CC(N)CCCOC)CC1. The van der Waals surface area contributed by atoms with E-state index < -0.39 is 0 Å². The van der Waals surface area contributed by atoms with Crippen LogP contribution in [-0.2, 0) is 4.74 Å². The molecule has 0 aromatic carbocycles. The Hall–Kier alpha value is -0.120. The number of ether oxygens (including phenoxy) is 1. The molecule has 0 saturated carbocycles. The normalized spacial score (nSPS) is 20.6. The minimum Gasteiger partial charge on any atom is -0.385 e. The van der Waals surface area contributed by atoms with Crippen LogP contribution in [0.1, 0.15) is 45.4 Å². The summed E-state index contributed by atoms with van der Waals surface area (Å²) < 4.78 is 5.05. The van der Waals surface area contributed by atoms with E-state index >= 15 is 0 Å². The van der Waals surface area contributed by atoms with Gasteiger partial charge in [-0.05, 0) is 44.7 Å². The van der Waals surface area contributed by atoms with Crippen LogP contribution in [0, 0.1) is 5.92 Å². The second-order valence-electron chi connectivity index (χ2n) is 5.43. The Bertz CT molecular complexity index is 179. The van der Waals surface area contributed by atoms with Crippen LogP contribution in [0.4, 0.5) is 0 Å². The molecule has 102 valence electrons. The fraction of sp³-hybridized carbons (Fsp3) is 1.00. The van der Waals surface area contributed by atoms with Crippen LogP contribution in [-0.4, -0.2) is 44.3 Å². The number of rotatable bonds is 8. The molecule has 0 bridgehead atoms. The molecule has 0 spiro atoms. The number of hydrogen-bond acceptors (Lipinski definition) is 3. The second-order valence-corrected chi connectivity index (χ2v) is 5.43. The van der Waals surface area contributed by atoms with E-state index in [0.717, 1.165) is 31.9 Å². The summed E-state index contributed by atoms with van der Waals surface area (Å²) in [6.07, 6.45) is 7.67. The molecule has 1 unspecified atom stereocenters. The van der Waals surface area contributed by atoms with Crippen molar-refractivity contribution >= 4 is 0 Å². The molecule has 1 heterocycles. The van der Waals surface area contributed by atoms with Gasteiger partial charge in [-0.1, -0.05) is 19.8 Å². The summed E-state index contributed by atoms with van der Waals surface area (Å²) in [5.74, 6) is 0.973. The lowest BCUT2D eigenvalue weighted by Crippen LogP contribution is -2.42. The molecular formula is C14H30N2O. The zero-order valence-corrected chi connectivity index (χ0v) is 11.7. The average Bonchev–Trinajstić information content (AvgIpc) is 2.32. The van der Waals surface area contributed by atoms with E-state index in [1.165, 1.54) is 38.8 Å². The largest absolute Gasteiger partial charge is 0.385 e. The quantitative estimate of drug-likeness (QED) is 0.664. The fourth-order valence-corrected chi connectivity index (χ4v) is 2.78. The molecule has 1 saturated heterocycles. The maximum absolute atomic E-state index is 6.14. The zero-order chi connectivity index (χ0) is 12.5. The lowest BCUT2D eigenvalue weighted by molar-refractivity contribution is 0.160. The molecule has 3 heteroatoms. The van der Waals surface area contributed by atoms with E-state index in [0.29, 0.717) is 6.04 Å². The lowest BCUT2D eigenvalue weighted by Gasteiger charge is -2.33. The molecule has 17 heavy (non-hydrogen) atoms. The molecule has 1 aliphatic heterocycles. The van der Waals surface area contributed by atoms with Gasteiger partial charge in [-0.15, -0.1) is 0 Å². The van der Waals surface area contributed by atoms with Crippen LogP contribution in [0.2, 0.25) is 0 Å². The summed E-state index contributed by atoms with van der Waals surface area (Å²) >= 11 is 0. The van der Waals surface area contributed by atoms with Crippen LogP contribution in [0.15, 0.2) is 0 Å². The van der Waals surface area contributed by atoms with E-state index in [2.05, 4.69) is 11.8 Å². The average molecular weight is 242 g/mol. The summed E-state index contributed by atoms with van der Waals surface area (Å²) in [5.41, 5.74) is 6.14. The van der Waals surface area contributed by atoms with Gasteiger partial charge in [-0.25, -0.2) is 0 Å². The molecule has 0 aromatic heterocycles. The first-order chi connectivity index (χ1) is 8.26. The van der Waals surface area contributed by atoms with Crippen molar-refractivity contribution in [3.05, 3.63) is 0 Å². The summed E-state index contributed by atoms with van der Waals surface area (Å²) in [4.78, 5) is 2.55. The van der Waals surface area contributed by atoms with E-state index in [1.807, 2.05) is 0 Å². The van der Waals surface area contributed by atoms with Gasteiger partial charge in [0.25, 0.3) is 0 Å². The molecule has 1 aliphatic rings. The molecule has 0 amide bonds. The molecule has 1 rings (SSSR count). The van der Waals surface area contributed by atoms with Crippen LogP contribution in [0.5, 0.6) is 0 Å². The predicted octanol–water partition coefficient (Wildman–Crippen LogP) is 2.25. The van der Waals surface area contributed by atoms with Gasteiger partial charge < -0.3 is 15.4 Å². The predicted molar refractivity (Wildman–Crippen MR) is 73.2 cm³/mol. The van der Waals surface area contributed by atoms with E-state index in [-0.39, 0.29) is 0 Å². The van der Waals surface area contributed by atoms with Gasteiger partial charge >= 0.3 is 0 Å². The highest BCUT2D eigenvalue weighted by Crippen LogP contribution is 2.21. The van der Waals surface area contributed by atoms with E-state index in [4.69, 9.17) is 10.5 Å². The van der Waals surface area contributed by atoms with Crippen LogP contribution < -0.4 is 5.73 Å². The molecule has 0 aliphatic carbocycles. The van der Waals surface area contributed by atoms with Gasteiger partial charge in [-0.3, -0.25) is 0 Å². The van der Waals surface area contributed by atoms with Crippen LogP contribution >= 0.6 is 0 Å². The monoisotopic (exact) mass is 242 g/mol. The Kier molecular flexibility index (Phi) is 7.82. The smallest absolute Gasteiger partial charge is 0.0462 e.